The van der Waals surface area contributed by atoms with Crippen molar-refractivity contribution in [2.75, 3.05) is 0 Å². The summed E-state index contributed by atoms with van der Waals surface area (Å²) in [6.45, 7) is 4.31. The normalized spacial score (nSPS) is 11.1. The van der Waals surface area contributed by atoms with Crippen LogP contribution in [-0.2, 0) is 25.8 Å². The van der Waals surface area contributed by atoms with Crippen molar-refractivity contribution in [1.29, 1.82) is 0 Å². The Balaban J connectivity index is 0.000000138. The molecule has 0 radical (unpaired) electrons. The van der Waals surface area contributed by atoms with Gasteiger partial charge in [-0.3, -0.25) is 0 Å². The molecule has 188 valence electrons. The minimum absolute atomic E-state index is 0. The van der Waals surface area contributed by atoms with Gasteiger partial charge in [-0.15, -0.1) is 46.2 Å². The van der Waals surface area contributed by atoms with E-state index in [4.69, 9.17) is 0 Å². The molecule has 6 aromatic carbocycles. The van der Waals surface area contributed by atoms with Crippen molar-refractivity contribution >= 4 is 43.6 Å². The van der Waals surface area contributed by atoms with Crippen LogP contribution in [0.3, 0.4) is 0 Å². The molecule has 8 aromatic rings. The second kappa shape index (κ2) is 10.3. The Kier molecular flexibility index (Phi) is 6.70. The monoisotopic (exact) mass is 668 g/mol. The fourth-order valence-corrected chi connectivity index (χ4v) is 5.84. The van der Waals surface area contributed by atoms with Crippen LogP contribution < -0.4 is 0 Å². The summed E-state index contributed by atoms with van der Waals surface area (Å²) in [7, 11) is 0. The molecule has 0 aliphatic heterocycles. The minimum atomic E-state index is 0. The molecule has 8 rings (SSSR count). The third-order valence-electron chi connectivity index (χ3n) is 7.41. The number of aromatic nitrogens is 2. The first-order valence-corrected chi connectivity index (χ1v) is 13.1. The second-order valence-electron chi connectivity index (χ2n) is 10.0. The van der Waals surface area contributed by atoms with Gasteiger partial charge in [0.15, 0.2) is 0 Å². The van der Waals surface area contributed by atoms with Crippen LogP contribution in [0.4, 0.5) is 0 Å². The van der Waals surface area contributed by atoms with Crippen LogP contribution in [0, 0.1) is 13.8 Å². The summed E-state index contributed by atoms with van der Waals surface area (Å²) in [5.74, 6) is 0. The fourth-order valence-electron chi connectivity index (χ4n) is 5.84. The zero-order chi connectivity index (χ0) is 25.6. The first kappa shape index (κ1) is 25.3. The molecule has 0 aliphatic rings. The quantitative estimate of drug-likeness (QED) is 0.128. The minimum Gasteiger partial charge on any atom is -0.367 e. The molecule has 2 nitrogen and oxygen atoms in total. The summed E-state index contributed by atoms with van der Waals surface area (Å²) in [6, 6.07) is 47.4. The number of rotatable bonds is 2. The maximum absolute atomic E-state index is 2.34. The number of hydrogen-bond donors (Lipinski definition) is 0. The molecule has 39 heavy (non-hydrogen) atoms. The molecule has 0 aliphatic carbocycles. The van der Waals surface area contributed by atoms with Crippen molar-refractivity contribution in [3.8, 4) is 11.4 Å². The van der Waals surface area contributed by atoms with Crippen molar-refractivity contribution in [3.05, 3.63) is 145 Å². The van der Waals surface area contributed by atoms with Crippen molar-refractivity contribution in [2.24, 2.45) is 0 Å². The Labute approximate surface area is 247 Å². The molecule has 0 unspecified atom stereocenters. The van der Waals surface area contributed by atoms with Crippen molar-refractivity contribution < 1.29 is 25.8 Å². The Bertz CT molecular complexity index is 1880. The van der Waals surface area contributed by atoms with Crippen LogP contribution in [0.15, 0.2) is 133 Å². The molecule has 0 atom stereocenters. The Morgan fingerprint density at radius 3 is 1.21 bits per heavy atom. The van der Waals surface area contributed by atoms with Gasteiger partial charge in [-0.2, -0.15) is 0 Å². The van der Waals surface area contributed by atoms with Crippen LogP contribution >= 0.6 is 0 Å². The van der Waals surface area contributed by atoms with E-state index in [2.05, 4.69) is 156 Å². The smallest absolute Gasteiger partial charge is 0.0358 e. The first-order valence-electron chi connectivity index (χ1n) is 13.1. The van der Waals surface area contributed by atoms with Crippen LogP contribution in [-0.4, -0.2) is 9.13 Å². The molecule has 2 heterocycles. The molecule has 0 fully saturated rings. The Morgan fingerprint density at radius 1 is 0.436 bits per heavy atom. The number of fused-ring (bicyclic) bond motifs is 6. The second-order valence-corrected chi connectivity index (χ2v) is 10.0. The van der Waals surface area contributed by atoms with Gasteiger partial charge in [0.25, 0.3) is 0 Å². The number of para-hydroxylation sites is 4. The van der Waals surface area contributed by atoms with Gasteiger partial charge in [-0.25, -0.2) is 0 Å². The Hall–Kier alpha value is -3.95. The zero-order valence-electron chi connectivity index (χ0n) is 22.1. The fraction of sp³-hybridized carbons (Fsp3) is 0.0556. The van der Waals surface area contributed by atoms with E-state index < -0.39 is 0 Å². The van der Waals surface area contributed by atoms with Crippen molar-refractivity contribution in [1.82, 2.24) is 9.13 Å². The van der Waals surface area contributed by atoms with Crippen LogP contribution in [0.25, 0.3) is 55.0 Å². The van der Waals surface area contributed by atoms with Gasteiger partial charge < -0.3 is 9.13 Å². The van der Waals surface area contributed by atoms with Crippen molar-refractivity contribution in [3.63, 3.8) is 0 Å². The van der Waals surface area contributed by atoms with Gasteiger partial charge in [-0.1, -0.05) is 108 Å². The number of aryl methyl sites for hydroxylation is 2. The van der Waals surface area contributed by atoms with Crippen LogP contribution in [0.2, 0.25) is 0 Å². The predicted octanol–water partition coefficient (Wildman–Crippen LogP) is 9.62. The Morgan fingerprint density at radius 2 is 0.795 bits per heavy atom. The molecular weight excluding hydrogens is 639 g/mol. The van der Waals surface area contributed by atoms with E-state index >= 15 is 0 Å². The van der Waals surface area contributed by atoms with E-state index in [0.717, 1.165) is 0 Å². The van der Waals surface area contributed by atoms with E-state index in [0.29, 0.717) is 0 Å². The standard InChI is InChI=1S/2C18H14N.Hf/c2*1-13-11-16-15-9-5-6-10-17(15)19(18(16)12-13)14-7-3-2-4-8-14;/h2*2-12H,1H3;/q2*-1;. The SMILES string of the molecule is Cc1cc2c([cH-]1)c1ccccc1n2-c1ccccc1.Cc1cc2c([cH-]1)c1ccccc1n2-c1ccccc1.[Hf]. The largest absolute Gasteiger partial charge is 0.367 e. The number of hydrogen-bond acceptors (Lipinski definition) is 0. The molecule has 0 N–H and O–H groups in total. The first-order chi connectivity index (χ1) is 18.7. The van der Waals surface area contributed by atoms with Crippen LogP contribution in [0.5, 0.6) is 0 Å². The summed E-state index contributed by atoms with van der Waals surface area (Å²) in [5, 5.41) is 5.35. The average molecular weight is 667 g/mol. The van der Waals surface area contributed by atoms with Gasteiger partial charge in [0, 0.05) is 48.3 Å². The van der Waals surface area contributed by atoms with E-state index in [-0.39, 0.29) is 25.8 Å². The topological polar surface area (TPSA) is 9.86 Å². The van der Waals surface area contributed by atoms with Gasteiger partial charge in [0.05, 0.1) is 0 Å². The average Bonchev–Trinajstić information content (AvgIpc) is 3.67. The molecule has 2 aromatic heterocycles. The summed E-state index contributed by atoms with van der Waals surface area (Å²) in [6.07, 6.45) is 0. The van der Waals surface area contributed by atoms with Gasteiger partial charge in [0.2, 0.25) is 0 Å². The molecule has 3 heteroatoms. The third kappa shape index (κ3) is 4.31. The summed E-state index contributed by atoms with van der Waals surface area (Å²) < 4.78 is 4.69. The van der Waals surface area contributed by atoms with Gasteiger partial charge in [-0.05, 0) is 36.4 Å². The summed E-state index contributed by atoms with van der Waals surface area (Å²) >= 11 is 0. The number of benzene rings is 4. The van der Waals surface area contributed by atoms with E-state index in [9.17, 15) is 0 Å². The third-order valence-corrected chi connectivity index (χ3v) is 7.41. The van der Waals surface area contributed by atoms with Gasteiger partial charge in [0.1, 0.15) is 0 Å². The molecule has 0 saturated carbocycles. The van der Waals surface area contributed by atoms with Crippen molar-refractivity contribution in [2.45, 2.75) is 13.8 Å². The maximum Gasteiger partial charge on any atom is 0.0358 e. The summed E-state index contributed by atoms with van der Waals surface area (Å²) in [5.41, 5.74) is 10.2. The summed E-state index contributed by atoms with van der Waals surface area (Å²) in [4.78, 5) is 0. The van der Waals surface area contributed by atoms with Gasteiger partial charge >= 0.3 is 0 Å². The molecule has 0 saturated heterocycles. The maximum atomic E-state index is 2.34. The van der Waals surface area contributed by atoms with E-state index in [1.807, 2.05) is 0 Å². The number of nitrogens with zero attached hydrogens (tertiary/aromatic N) is 2. The molecule has 0 bridgehead atoms. The molecule has 0 spiro atoms. The molecular formula is C36H28HfN2-2. The van der Waals surface area contributed by atoms with E-state index in [1.165, 1.54) is 66.1 Å². The van der Waals surface area contributed by atoms with E-state index in [1.54, 1.807) is 0 Å². The van der Waals surface area contributed by atoms with Crippen LogP contribution in [0.1, 0.15) is 11.1 Å². The predicted molar refractivity (Wildman–Crippen MR) is 162 cm³/mol. The molecule has 0 amide bonds. The zero-order valence-corrected chi connectivity index (χ0v) is 25.7.